The number of hydrogen-bond donors (Lipinski definition) is 2. The molecule has 3 N–H and O–H groups in total. The summed E-state index contributed by atoms with van der Waals surface area (Å²) >= 11 is 0. The predicted octanol–water partition coefficient (Wildman–Crippen LogP) is -0.457. The number of carbonyl (C=O) groups excluding carboxylic acids is 2. The number of nitrogens with one attached hydrogen (secondary N) is 1. The highest BCUT2D eigenvalue weighted by Crippen LogP contribution is 2.30. The Bertz CT molecular complexity index is 1210. The number of pyridine rings is 1. The summed E-state index contributed by atoms with van der Waals surface area (Å²) in [5.74, 6) is -1.74. The van der Waals surface area contributed by atoms with Gasteiger partial charge in [-0.05, 0) is 18.2 Å². The summed E-state index contributed by atoms with van der Waals surface area (Å²) in [6.45, 7) is 2.24. The Morgan fingerprint density at radius 2 is 1.76 bits per heavy atom. The van der Waals surface area contributed by atoms with Crippen molar-refractivity contribution in [1.82, 2.24) is 9.88 Å². The number of nitrogens with zero attached hydrogens (tertiary/aromatic N) is 2. The molecule has 11 heteroatoms. The molecular formula is C18H18N4O6S. The Hall–Kier alpha value is -3.18. The number of nitrogens with two attached hydrogens (primary N) is 1. The molecule has 2 aliphatic heterocycles. The van der Waals surface area contributed by atoms with E-state index in [1.807, 2.05) is 4.90 Å². The number of fused-ring (bicyclic) bond motifs is 1. The maximum absolute atomic E-state index is 12.8. The fourth-order valence-electron chi connectivity index (χ4n) is 3.54. The molecular weight excluding hydrogens is 400 g/mol. The summed E-state index contributed by atoms with van der Waals surface area (Å²) in [5, 5.41) is 2.09. The number of imide groups is 1. The lowest BCUT2D eigenvalue weighted by Crippen LogP contribution is -2.36. The van der Waals surface area contributed by atoms with Gasteiger partial charge in [0.2, 0.25) is 0 Å². The SMILES string of the molecule is CS(=O)(=O)c1ccc(N2CCOCC2)cc1-n1c(N)c2c(cc1=O)C(=O)NC2=O. The zero-order chi connectivity index (χ0) is 20.9. The minimum Gasteiger partial charge on any atom is -0.384 e. The molecule has 0 bridgehead atoms. The minimum absolute atomic E-state index is 0.0222. The van der Waals surface area contributed by atoms with Gasteiger partial charge in [0.1, 0.15) is 5.82 Å². The average molecular weight is 418 g/mol. The van der Waals surface area contributed by atoms with Crippen LogP contribution in [0.15, 0.2) is 34.0 Å². The molecule has 0 unspecified atom stereocenters. The van der Waals surface area contributed by atoms with Crippen LogP contribution in [0.25, 0.3) is 5.69 Å². The molecule has 2 amide bonds. The normalized spacial score (nSPS) is 16.7. The number of morpholine rings is 1. The summed E-state index contributed by atoms with van der Waals surface area (Å²) in [7, 11) is -3.73. The van der Waals surface area contributed by atoms with Crippen LogP contribution in [0.2, 0.25) is 0 Å². The van der Waals surface area contributed by atoms with Gasteiger partial charge in [0.05, 0.1) is 34.9 Å². The lowest BCUT2D eigenvalue weighted by atomic mass is 10.1. The van der Waals surface area contributed by atoms with Gasteiger partial charge in [-0.2, -0.15) is 0 Å². The number of hydrogen-bond acceptors (Lipinski definition) is 8. The lowest BCUT2D eigenvalue weighted by molar-refractivity contribution is 0.0880. The van der Waals surface area contributed by atoms with E-state index in [0.29, 0.717) is 32.0 Å². The van der Waals surface area contributed by atoms with Gasteiger partial charge in [0.25, 0.3) is 17.4 Å². The molecule has 3 heterocycles. The molecule has 10 nitrogen and oxygen atoms in total. The molecule has 2 aromatic rings. The fourth-order valence-corrected chi connectivity index (χ4v) is 4.39. The zero-order valence-corrected chi connectivity index (χ0v) is 16.3. The zero-order valence-electron chi connectivity index (χ0n) is 15.5. The summed E-state index contributed by atoms with van der Waals surface area (Å²) < 4.78 is 31.0. The first-order valence-corrected chi connectivity index (χ1v) is 10.7. The van der Waals surface area contributed by atoms with Crippen molar-refractivity contribution in [2.45, 2.75) is 4.90 Å². The van der Waals surface area contributed by atoms with Crippen LogP contribution < -0.4 is 21.5 Å². The van der Waals surface area contributed by atoms with Crippen LogP contribution in [0.3, 0.4) is 0 Å². The largest absolute Gasteiger partial charge is 0.384 e. The predicted molar refractivity (Wildman–Crippen MR) is 104 cm³/mol. The van der Waals surface area contributed by atoms with E-state index in [1.54, 1.807) is 12.1 Å². The van der Waals surface area contributed by atoms with E-state index in [2.05, 4.69) is 5.32 Å². The van der Waals surface area contributed by atoms with Crippen LogP contribution in [0.1, 0.15) is 20.7 Å². The van der Waals surface area contributed by atoms with Crippen molar-refractivity contribution in [1.29, 1.82) is 0 Å². The highest BCUT2D eigenvalue weighted by Gasteiger charge is 2.33. The van der Waals surface area contributed by atoms with Crippen LogP contribution in [-0.4, -0.2) is 57.4 Å². The maximum Gasteiger partial charge on any atom is 0.262 e. The molecule has 29 heavy (non-hydrogen) atoms. The standard InChI is InChI=1S/C18H18N4O6S/c1-29(26,27)13-3-2-10(21-4-6-28-7-5-21)8-12(13)22-14(23)9-11-15(16(22)19)18(25)20-17(11)24/h2-3,8-9H,4-7,19H2,1H3,(H,20,24,25). The van der Waals surface area contributed by atoms with Gasteiger partial charge in [0.15, 0.2) is 9.84 Å². The second kappa shape index (κ2) is 6.71. The second-order valence-electron chi connectivity index (χ2n) is 6.80. The van der Waals surface area contributed by atoms with Crippen molar-refractivity contribution in [3.63, 3.8) is 0 Å². The number of carbonyl (C=O) groups is 2. The molecule has 152 valence electrons. The number of anilines is 2. The molecule has 0 aliphatic carbocycles. The molecule has 2 aliphatic rings. The number of sulfone groups is 1. The quantitative estimate of drug-likeness (QED) is 0.638. The fraction of sp³-hybridized carbons (Fsp3) is 0.278. The van der Waals surface area contributed by atoms with Gasteiger partial charge < -0.3 is 15.4 Å². The van der Waals surface area contributed by atoms with Crippen LogP contribution in [0.5, 0.6) is 0 Å². The van der Waals surface area contributed by atoms with E-state index in [0.717, 1.165) is 16.9 Å². The third kappa shape index (κ3) is 3.17. The smallest absolute Gasteiger partial charge is 0.262 e. The summed E-state index contributed by atoms with van der Waals surface area (Å²) in [4.78, 5) is 38.6. The van der Waals surface area contributed by atoms with Gasteiger partial charge in [-0.1, -0.05) is 0 Å². The highest BCUT2D eigenvalue weighted by molar-refractivity contribution is 7.90. The Balaban J connectivity index is 1.99. The minimum atomic E-state index is -3.73. The number of aromatic nitrogens is 1. The Morgan fingerprint density at radius 1 is 1.07 bits per heavy atom. The van der Waals surface area contributed by atoms with E-state index in [-0.39, 0.29) is 27.5 Å². The molecule has 1 aromatic carbocycles. The van der Waals surface area contributed by atoms with Crippen molar-refractivity contribution < 1.29 is 22.7 Å². The molecule has 1 fully saturated rings. The second-order valence-corrected chi connectivity index (χ2v) is 8.78. The van der Waals surface area contributed by atoms with Crippen molar-refractivity contribution >= 4 is 33.2 Å². The van der Waals surface area contributed by atoms with E-state index in [4.69, 9.17) is 10.5 Å². The third-order valence-electron chi connectivity index (χ3n) is 4.91. The summed E-state index contributed by atoms with van der Waals surface area (Å²) in [6, 6.07) is 5.58. The van der Waals surface area contributed by atoms with Gasteiger partial charge in [-0.15, -0.1) is 0 Å². The lowest BCUT2D eigenvalue weighted by Gasteiger charge is -2.29. The average Bonchev–Trinajstić information content (AvgIpc) is 2.95. The molecule has 4 rings (SSSR count). The first-order valence-electron chi connectivity index (χ1n) is 8.77. The van der Waals surface area contributed by atoms with E-state index < -0.39 is 27.2 Å². The summed E-state index contributed by atoms with van der Waals surface area (Å²) in [6.07, 6.45) is 1.02. The van der Waals surface area contributed by atoms with Gasteiger partial charge in [0, 0.05) is 31.1 Å². The topological polar surface area (TPSA) is 141 Å². The van der Waals surface area contributed by atoms with Gasteiger partial charge in [-0.25, -0.2) is 8.42 Å². The maximum atomic E-state index is 12.8. The molecule has 0 atom stereocenters. The summed E-state index contributed by atoms with van der Waals surface area (Å²) in [5.41, 5.74) is 5.80. The number of nitrogen functional groups attached to an aromatic ring is 1. The molecule has 0 spiro atoms. The monoisotopic (exact) mass is 418 g/mol. The van der Waals surface area contributed by atoms with E-state index in [1.165, 1.54) is 6.07 Å². The van der Waals surface area contributed by atoms with Crippen molar-refractivity contribution in [2.75, 3.05) is 43.2 Å². The van der Waals surface area contributed by atoms with Crippen LogP contribution in [0, 0.1) is 0 Å². The van der Waals surface area contributed by atoms with Crippen molar-refractivity contribution in [3.8, 4) is 5.69 Å². The Morgan fingerprint density at radius 3 is 2.41 bits per heavy atom. The van der Waals surface area contributed by atoms with E-state index in [9.17, 15) is 22.8 Å². The number of ether oxygens (including phenoxy) is 1. The van der Waals surface area contributed by atoms with Crippen LogP contribution in [-0.2, 0) is 14.6 Å². The van der Waals surface area contributed by atoms with Gasteiger partial charge in [-0.3, -0.25) is 24.3 Å². The number of rotatable bonds is 3. The molecule has 1 saturated heterocycles. The molecule has 0 radical (unpaired) electrons. The van der Waals surface area contributed by atoms with Crippen LogP contribution >= 0.6 is 0 Å². The first-order chi connectivity index (χ1) is 13.7. The number of benzene rings is 1. The van der Waals surface area contributed by atoms with E-state index >= 15 is 0 Å². The third-order valence-corrected chi connectivity index (χ3v) is 6.06. The van der Waals surface area contributed by atoms with Crippen molar-refractivity contribution in [3.05, 3.63) is 45.7 Å². The van der Waals surface area contributed by atoms with Crippen molar-refractivity contribution in [2.24, 2.45) is 0 Å². The Labute approximate surface area is 165 Å². The Kier molecular flexibility index (Phi) is 4.43. The molecule has 0 saturated carbocycles. The van der Waals surface area contributed by atoms with Gasteiger partial charge >= 0.3 is 0 Å². The number of amides is 2. The highest BCUT2D eigenvalue weighted by atomic mass is 32.2. The molecule has 1 aromatic heterocycles. The first kappa shape index (κ1) is 19.2. The van der Waals surface area contributed by atoms with Crippen LogP contribution in [0.4, 0.5) is 11.5 Å².